The molecule has 0 saturated carbocycles. The summed E-state index contributed by atoms with van der Waals surface area (Å²) in [5.41, 5.74) is -0.299. The molecule has 0 aliphatic carbocycles. The van der Waals surface area contributed by atoms with Crippen molar-refractivity contribution in [2.45, 2.75) is 19.9 Å². The minimum Gasteiger partial charge on any atom is -0.355 e. The molecule has 1 aromatic carbocycles. The highest BCUT2D eigenvalue weighted by Gasteiger charge is 2.18. The second-order valence-corrected chi connectivity index (χ2v) is 3.71. The maximum atomic E-state index is 13.3. The summed E-state index contributed by atoms with van der Waals surface area (Å²) in [6, 6.07) is 1.84. The Morgan fingerprint density at radius 1 is 1.33 bits per heavy atom. The largest absolute Gasteiger partial charge is 0.355 e. The van der Waals surface area contributed by atoms with Crippen LogP contribution in [0.4, 0.5) is 8.78 Å². The maximum Gasteiger partial charge on any atom is 0.254 e. The summed E-state index contributed by atoms with van der Waals surface area (Å²) in [6.07, 6.45) is 0. The third-order valence-electron chi connectivity index (χ3n) is 2.27. The fraction of sp³-hybridized carbons (Fsp3) is 0.333. The van der Waals surface area contributed by atoms with Gasteiger partial charge in [-0.3, -0.25) is 9.59 Å². The fourth-order valence-electron chi connectivity index (χ4n) is 1.34. The van der Waals surface area contributed by atoms with Gasteiger partial charge in [-0.1, -0.05) is 0 Å². The number of amides is 2. The van der Waals surface area contributed by atoms with E-state index < -0.39 is 23.6 Å². The second-order valence-electron chi connectivity index (χ2n) is 3.71. The monoisotopic (exact) mass is 256 g/mol. The highest BCUT2D eigenvalue weighted by atomic mass is 19.1. The van der Waals surface area contributed by atoms with Crippen molar-refractivity contribution >= 4 is 11.8 Å². The van der Waals surface area contributed by atoms with Crippen LogP contribution in [0.2, 0.25) is 0 Å². The third-order valence-corrected chi connectivity index (χ3v) is 2.27. The Balaban J connectivity index is 2.73. The molecule has 0 heterocycles. The molecule has 4 nitrogen and oxygen atoms in total. The standard InChI is InChI=1S/C12H14F2N2O2/c1-3-15-11(17)7(2)16-12(18)9-5-4-8(13)6-10(9)14/h4-7H,3H2,1-2H3,(H,15,17)(H,16,18). The summed E-state index contributed by atoms with van der Waals surface area (Å²) < 4.78 is 26.0. The molecule has 0 spiro atoms. The molecule has 98 valence electrons. The van der Waals surface area contributed by atoms with Gasteiger partial charge in [0.2, 0.25) is 5.91 Å². The lowest BCUT2D eigenvalue weighted by Gasteiger charge is -2.13. The van der Waals surface area contributed by atoms with E-state index in [-0.39, 0.29) is 11.5 Å². The van der Waals surface area contributed by atoms with Gasteiger partial charge in [-0.15, -0.1) is 0 Å². The average Bonchev–Trinajstić information content (AvgIpc) is 2.28. The van der Waals surface area contributed by atoms with Crippen LogP contribution in [0.25, 0.3) is 0 Å². The summed E-state index contributed by atoms with van der Waals surface area (Å²) in [4.78, 5) is 23.0. The van der Waals surface area contributed by atoms with Crippen LogP contribution in [0.1, 0.15) is 24.2 Å². The van der Waals surface area contributed by atoms with E-state index in [0.717, 1.165) is 12.1 Å². The molecule has 2 N–H and O–H groups in total. The normalized spacial score (nSPS) is 11.8. The molecule has 0 fully saturated rings. The summed E-state index contributed by atoms with van der Waals surface area (Å²) in [7, 11) is 0. The van der Waals surface area contributed by atoms with Crippen molar-refractivity contribution in [3.63, 3.8) is 0 Å². The molecule has 18 heavy (non-hydrogen) atoms. The number of nitrogens with one attached hydrogen (secondary N) is 2. The van der Waals surface area contributed by atoms with Crippen molar-refractivity contribution in [1.82, 2.24) is 10.6 Å². The zero-order valence-electron chi connectivity index (χ0n) is 10.1. The van der Waals surface area contributed by atoms with Gasteiger partial charge in [0, 0.05) is 12.6 Å². The van der Waals surface area contributed by atoms with Gasteiger partial charge in [-0.25, -0.2) is 8.78 Å². The van der Waals surface area contributed by atoms with E-state index in [1.165, 1.54) is 6.92 Å². The number of benzene rings is 1. The van der Waals surface area contributed by atoms with Gasteiger partial charge in [0.1, 0.15) is 17.7 Å². The van der Waals surface area contributed by atoms with Crippen LogP contribution in [0, 0.1) is 11.6 Å². The molecule has 0 bridgehead atoms. The quantitative estimate of drug-likeness (QED) is 0.851. The highest BCUT2D eigenvalue weighted by Crippen LogP contribution is 2.09. The molecular formula is C12H14F2N2O2. The number of carbonyl (C=O) groups excluding carboxylic acids is 2. The van der Waals surface area contributed by atoms with Crippen molar-refractivity contribution in [1.29, 1.82) is 0 Å². The van der Waals surface area contributed by atoms with Crippen LogP contribution in [0.15, 0.2) is 18.2 Å². The molecule has 0 aromatic heterocycles. The van der Waals surface area contributed by atoms with Crippen molar-refractivity contribution in [3.05, 3.63) is 35.4 Å². The van der Waals surface area contributed by atoms with E-state index >= 15 is 0 Å². The number of carbonyl (C=O) groups is 2. The Morgan fingerprint density at radius 2 is 2.00 bits per heavy atom. The van der Waals surface area contributed by atoms with Crippen molar-refractivity contribution < 1.29 is 18.4 Å². The van der Waals surface area contributed by atoms with Gasteiger partial charge < -0.3 is 10.6 Å². The lowest BCUT2D eigenvalue weighted by molar-refractivity contribution is -0.122. The van der Waals surface area contributed by atoms with Crippen LogP contribution in [0.3, 0.4) is 0 Å². The number of hydrogen-bond donors (Lipinski definition) is 2. The van der Waals surface area contributed by atoms with Gasteiger partial charge >= 0.3 is 0 Å². The minimum absolute atomic E-state index is 0.299. The lowest BCUT2D eigenvalue weighted by Crippen LogP contribution is -2.44. The molecule has 6 heteroatoms. The van der Waals surface area contributed by atoms with Crippen LogP contribution in [-0.4, -0.2) is 24.4 Å². The lowest BCUT2D eigenvalue weighted by atomic mass is 10.2. The smallest absolute Gasteiger partial charge is 0.254 e. The first kappa shape index (κ1) is 14.1. The molecule has 1 rings (SSSR count). The summed E-state index contributed by atoms with van der Waals surface area (Å²) in [5.74, 6) is -2.85. The molecule has 0 aliphatic rings. The molecule has 1 aromatic rings. The molecule has 1 atom stereocenters. The second kappa shape index (κ2) is 6.09. The SMILES string of the molecule is CCNC(=O)C(C)NC(=O)c1ccc(F)cc1F. The Bertz CT molecular complexity index is 463. The van der Waals surface area contributed by atoms with Crippen LogP contribution in [-0.2, 0) is 4.79 Å². The van der Waals surface area contributed by atoms with Crippen LogP contribution < -0.4 is 10.6 Å². The van der Waals surface area contributed by atoms with E-state index in [4.69, 9.17) is 0 Å². The van der Waals surface area contributed by atoms with E-state index in [1.807, 2.05) is 0 Å². The van der Waals surface area contributed by atoms with Crippen molar-refractivity contribution in [2.75, 3.05) is 6.54 Å². The number of hydrogen-bond acceptors (Lipinski definition) is 2. The van der Waals surface area contributed by atoms with E-state index in [2.05, 4.69) is 10.6 Å². The highest BCUT2D eigenvalue weighted by molar-refractivity contribution is 5.97. The molecule has 0 radical (unpaired) electrons. The van der Waals surface area contributed by atoms with Gasteiger partial charge in [0.25, 0.3) is 5.91 Å². The Labute approximate surface area is 103 Å². The predicted octanol–water partition coefficient (Wildman–Crippen LogP) is 1.22. The third kappa shape index (κ3) is 3.51. The molecule has 2 amide bonds. The first-order valence-electron chi connectivity index (χ1n) is 5.49. The molecule has 0 saturated heterocycles. The Hall–Kier alpha value is -1.98. The number of rotatable bonds is 4. The van der Waals surface area contributed by atoms with Crippen molar-refractivity contribution in [3.8, 4) is 0 Å². The zero-order valence-corrected chi connectivity index (χ0v) is 10.1. The van der Waals surface area contributed by atoms with Crippen LogP contribution in [0.5, 0.6) is 0 Å². The minimum atomic E-state index is -0.962. The first-order valence-corrected chi connectivity index (χ1v) is 5.49. The summed E-state index contributed by atoms with van der Waals surface area (Å²) in [5, 5.41) is 4.85. The van der Waals surface area contributed by atoms with E-state index in [9.17, 15) is 18.4 Å². The predicted molar refractivity (Wildman–Crippen MR) is 62.0 cm³/mol. The molecule has 0 aliphatic heterocycles. The average molecular weight is 256 g/mol. The van der Waals surface area contributed by atoms with E-state index in [1.54, 1.807) is 6.92 Å². The van der Waals surface area contributed by atoms with Gasteiger partial charge in [-0.05, 0) is 26.0 Å². The Kier molecular flexibility index (Phi) is 4.76. The van der Waals surface area contributed by atoms with Gasteiger partial charge in [-0.2, -0.15) is 0 Å². The maximum absolute atomic E-state index is 13.3. The molecule has 1 unspecified atom stereocenters. The first-order chi connectivity index (χ1) is 8.45. The number of likely N-dealkylation sites (N-methyl/N-ethyl adjacent to an activating group) is 1. The summed E-state index contributed by atoms with van der Waals surface area (Å²) >= 11 is 0. The van der Waals surface area contributed by atoms with E-state index in [0.29, 0.717) is 12.6 Å². The van der Waals surface area contributed by atoms with Gasteiger partial charge in [0.15, 0.2) is 0 Å². The zero-order chi connectivity index (χ0) is 13.7. The summed E-state index contributed by atoms with van der Waals surface area (Å²) in [6.45, 7) is 3.65. The Morgan fingerprint density at radius 3 is 2.56 bits per heavy atom. The molecular weight excluding hydrogens is 242 g/mol. The number of halogens is 2. The van der Waals surface area contributed by atoms with Crippen molar-refractivity contribution in [2.24, 2.45) is 0 Å². The topological polar surface area (TPSA) is 58.2 Å². The van der Waals surface area contributed by atoms with Gasteiger partial charge in [0.05, 0.1) is 5.56 Å². The fourth-order valence-corrected chi connectivity index (χ4v) is 1.34. The van der Waals surface area contributed by atoms with Crippen LogP contribution >= 0.6 is 0 Å².